The third-order valence-electron chi connectivity index (χ3n) is 2.67. The molecule has 0 aliphatic heterocycles. The molecule has 0 radical (unpaired) electrons. The number of aryl methyl sites for hydroxylation is 2. The van der Waals surface area contributed by atoms with Crippen LogP contribution in [0.5, 0.6) is 0 Å². The average Bonchev–Trinajstić information content (AvgIpc) is 2.31. The van der Waals surface area contributed by atoms with E-state index in [1.807, 2.05) is 19.9 Å². The number of sulfonamides is 1. The second kappa shape index (κ2) is 4.93. The Hall–Kier alpha value is -2.01. The van der Waals surface area contributed by atoms with Gasteiger partial charge in [-0.2, -0.15) is 0 Å². The van der Waals surface area contributed by atoms with Crippen LogP contribution in [0, 0.1) is 13.8 Å². The van der Waals surface area contributed by atoms with Gasteiger partial charge in [0.2, 0.25) is 0 Å². The van der Waals surface area contributed by atoms with Crippen LogP contribution >= 0.6 is 0 Å². The van der Waals surface area contributed by atoms with Gasteiger partial charge in [0, 0.05) is 11.4 Å². The zero-order chi connectivity index (χ0) is 14.0. The highest BCUT2D eigenvalue weighted by atomic mass is 32.2. The van der Waals surface area contributed by atoms with Gasteiger partial charge in [0.15, 0.2) is 0 Å². The van der Waals surface area contributed by atoms with Crippen molar-refractivity contribution in [3.63, 3.8) is 0 Å². The first-order chi connectivity index (χ1) is 8.87. The molecule has 0 amide bonds. The maximum Gasteiger partial charge on any atom is 0.261 e. The van der Waals surface area contributed by atoms with Gasteiger partial charge in [-0.15, -0.1) is 0 Å². The molecule has 2 aromatic carbocycles. The number of hydrogen-bond acceptors (Lipinski definition) is 3. The van der Waals surface area contributed by atoms with Crippen molar-refractivity contribution in [3.8, 4) is 0 Å². The summed E-state index contributed by atoms with van der Waals surface area (Å²) in [6.45, 7) is 3.74. The van der Waals surface area contributed by atoms with Crippen LogP contribution in [0.25, 0.3) is 0 Å². The highest BCUT2D eigenvalue weighted by molar-refractivity contribution is 7.92. The summed E-state index contributed by atoms with van der Waals surface area (Å²) in [5.41, 5.74) is 8.48. The molecule has 0 aromatic heterocycles. The molecule has 0 bridgehead atoms. The monoisotopic (exact) mass is 276 g/mol. The minimum atomic E-state index is -3.56. The van der Waals surface area contributed by atoms with Crippen LogP contribution < -0.4 is 10.5 Å². The number of nitrogen functional groups attached to an aromatic ring is 1. The molecule has 5 heteroatoms. The normalized spacial score (nSPS) is 11.3. The molecule has 0 heterocycles. The van der Waals surface area contributed by atoms with Crippen LogP contribution in [0.1, 0.15) is 11.1 Å². The summed E-state index contributed by atoms with van der Waals surface area (Å²) in [4.78, 5) is 0.266. The molecule has 0 fully saturated rings. The van der Waals surface area contributed by atoms with Crippen molar-refractivity contribution in [2.24, 2.45) is 0 Å². The van der Waals surface area contributed by atoms with Crippen molar-refractivity contribution in [1.29, 1.82) is 0 Å². The van der Waals surface area contributed by atoms with E-state index in [9.17, 15) is 8.42 Å². The summed E-state index contributed by atoms with van der Waals surface area (Å²) in [6, 6.07) is 11.8. The molecule has 0 atom stereocenters. The zero-order valence-electron chi connectivity index (χ0n) is 10.8. The Labute approximate surface area is 113 Å². The predicted octanol–water partition coefficient (Wildman–Crippen LogP) is 2.69. The van der Waals surface area contributed by atoms with Crippen molar-refractivity contribution in [1.82, 2.24) is 0 Å². The van der Waals surface area contributed by atoms with Crippen LogP contribution in [-0.2, 0) is 10.0 Å². The molecule has 3 N–H and O–H groups in total. The third kappa shape index (κ3) is 3.26. The first kappa shape index (κ1) is 13.4. The van der Waals surface area contributed by atoms with Crippen molar-refractivity contribution in [2.45, 2.75) is 18.7 Å². The lowest BCUT2D eigenvalue weighted by molar-refractivity contribution is 0.601. The fourth-order valence-corrected chi connectivity index (χ4v) is 3.10. The van der Waals surface area contributed by atoms with Crippen molar-refractivity contribution in [3.05, 3.63) is 53.6 Å². The summed E-state index contributed by atoms with van der Waals surface area (Å²) in [5, 5.41) is 0. The zero-order valence-corrected chi connectivity index (χ0v) is 11.7. The topological polar surface area (TPSA) is 72.2 Å². The van der Waals surface area contributed by atoms with E-state index in [0.29, 0.717) is 11.4 Å². The quantitative estimate of drug-likeness (QED) is 0.847. The number of hydrogen-bond donors (Lipinski definition) is 2. The lowest BCUT2D eigenvalue weighted by Gasteiger charge is -2.09. The largest absolute Gasteiger partial charge is 0.399 e. The van der Waals surface area contributed by atoms with Gasteiger partial charge in [0.05, 0.1) is 4.90 Å². The fourth-order valence-electron chi connectivity index (χ4n) is 1.85. The van der Waals surface area contributed by atoms with Crippen LogP contribution in [0.2, 0.25) is 0 Å². The molecule has 0 saturated heterocycles. The minimum Gasteiger partial charge on any atom is -0.399 e. The number of benzene rings is 2. The van der Waals surface area contributed by atoms with Gasteiger partial charge in [-0.25, -0.2) is 8.42 Å². The Morgan fingerprint density at radius 2 is 1.47 bits per heavy atom. The standard InChI is InChI=1S/C14H16N2O2S/c1-10-7-11(2)9-14(8-10)19(17,18)16-13-5-3-12(15)4-6-13/h3-9,16H,15H2,1-2H3. The molecular weight excluding hydrogens is 260 g/mol. The molecule has 0 aliphatic rings. The van der Waals surface area contributed by atoms with Gasteiger partial charge in [0.1, 0.15) is 0 Å². The molecule has 19 heavy (non-hydrogen) atoms. The van der Waals surface area contributed by atoms with Crippen molar-refractivity contribution >= 4 is 21.4 Å². The molecule has 0 spiro atoms. The van der Waals surface area contributed by atoms with Gasteiger partial charge in [0.25, 0.3) is 10.0 Å². The second-order valence-electron chi connectivity index (χ2n) is 4.55. The van der Waals surface area contributed by atoms with Gasteiger partial charge >= 0.3 is 0 Å². The Kier molecular flexibility index (Phi) is 3.48. The first-order valence-corrected chi connectivity index (χ1v) is 7.32. The van der Waals surface area contributed by atoms with E-state index in [1.165, 1.54) is 0 Å². The second-order valence-corrected chi connectivity index (χ2v) is 6.23. The van der Waals surface area contributed by atoms with Crippen LogP contribution in [0.4, 0.5) is 11.4 Å². The van der Waals surface area contributed by atoms with Crippen molar-refractivity contribution < 1.29 is 8.42 Å². The van der Waals surface area contributed by atoms with E-state index >= 15 is 0 Å². The molecule has 0 aliphatic carbocycles. The van der Waals surface area contributed by atoms with E-state index < -0.39 is 10.0 Å². The van der Waals surface area contributed by atoms with Crippen LogP contribution in [-0.4, -0.2) is 8.42 Å². The lowest BCUT2D eigenvalue weighted by atomic mass is 10.2. The van der Waals surface area contributed by atoms with E-state index in [0.717, 1.165) is 11.1 Å². The molecule has 0 saturated carbocycles. The third-order valence-corrected chi connectivity index (χ3v) is 4.03. The minimum absolute atomic E-state index is 0.266. The first-order valence-electron chi connectivity index (χ1n) is 5.83. The van der Waals surface area contributed by atoms with E-state index in [-0.39, 0.29) is 4.90 Å². The Balaban J connectivity index is 2.34. The van der Waals surface area contributed by atoms with Gasteiger partial charge in [-0.05, 0) is 61.4 Å². The summed E-state index contributed by atoms with van der Waals surface area (Å²) < 4.78 is 27.0. The number of nitrogens with one attached hydrogen (secondary N) is 1. The Morgan fingerprint density at radius 1 is 0.947 bits per heavy atom. The number of nitrogens with two attached hydrogens (primary N) is 1. The maximum atomic E-state index is 12.2. The summed E-state index contributed by atoms with van der Waals surface area (Å²) in [5.74, 6) is 0. The van der Waals surface area contributed by atoms with Crippen LogP contribution in [0.15, 0.2) is 47.4 Å². The van der Waals surface area contributed by atoms with Gasteiger partial charge in [-0.3, -0.25) is 4.72 Å². The molecule has 0 unspecified atom stereocenters. The SMILES string of the molecule is Cc1cc(C)cc(S(=O)(=O)Nc2ccc(N)cc2)c1. The summed E-state index contributed by atoms with van der Waals surface area (Å²) in [7, 11) is -3.56. The van der Waals surface area contributed by atoms with E-state index in [1.54, 1.807) is 36.4 Å². The highest BCUT2D eigenvalue weighted by Gasteiger charge is 2.14. The van der Waals surface area contributed by atoms with E-state index in [4.69, 9.17) is 5.73 Å². The summed E-state index contributed by atoms with van der Waals surface area (Å²) in [6.07, 6.45) is 0. The Bertz CT molecular complexity index is 672. The smallest absolute Gasteiger partial charge is 0.261 e. The predicted molar refractivity (Wildman–Crippen MR) is 77.6 cm³/mol. The lowest BCUT2D eigenvalue weighted by Crippen LogP contribution is -2.13. The molecule has 2 rings (SSSR count). The number of anilines is 2. The molecular formula is C14H16N2O2S. The summed E-state index contributed by atoms with van der Waals surface area (Å²) >= 11 is 0. The highest BCUT2D eigenvalue weighted by Crippen LogP contribution is 2.19. The van der Waals surface area contributed by atoms with E-state index in [2.05, 4.69) is 4.72 Å². The maximum absolute atomic E-state index is 12.2. The number of rotatable bonds is 3. The molecule has 4 nitrogen and oxygen atoms in total. The van der Waals surface area contributed by atoms with Gasteiger partial charge < -0.3 is 5.73 Å². The van der Waals surface area contributed by atoms with Crippen LogP contribution in [0.3, 0.4) is 0 Å². The average molecular weight is 276 g/mol. The fraction of sp³-hybridized carbons (Fsp3) is 0.143. The van der Waals surface area contributed by atoms with Crippen molar-refractivity contribution in [2.75, 3.05) is 10.5 Å². The molecule has 100 valence electrons. The molecule has 2 aromatic rings. The van der Waals surface area contributed by atoms with Gasteiger partial charge in [-0.1, -0.05) is 6.07 Å². The Morgan fingerprint density at radius 3 is 2.00 bits per heavy atom.